The quantitative estimate of drug-likeness (QED) is 0.595. The Morgan fingerprint density at radius 3 is 2.88 bits per heavy atom. The monoisotopic (exact) mass is 235 g/mol. The van der Waals surface area contributed by atoms with Crippen LogP contribution in [0.3, 0.4) is 0 Å². The van der Waals surface area contributed by atoms with E-state index in [9.17, 15) is 4.57 Å². The molecule has 0 saturated carbocycles. The molecule has 1 aromatic rings. The van der Waals surface area contributed by atoms with E-state index in [1.165, 1.54) is 6.08 Å². The van der Waals surface area contributed by atoms with E-state index in [2.05, 4.69) is 0 Å². The Morgan fingerprint density at radius 2 is 2.25 bits per heavy atom. The first kappa shape index (κ1) is 12.7. The summed E-state index contributed by atoms with van der Waals surface area (Å²) in [6, 6.07) is 7.49. The van der Waals surface area contributed by atoms with Crippen LogP contribution in [0.5, 0.6) is 0 Å². The van der Waals surface area contributed by atoms with Gasteiger partial charge >= 0.3 is 0 Å². The molecule has 1 rings (SSSR count). The van der Waals surface area contributed by atoms with Crippen molar-refractivity contribution < 1.29 is 9.09 Å². The molecule has 0 amide bonds. The van der Waals surface area contributed by atoms with Gasteiger partial charge in [0.25, 0.3) is 0 Å². The molecule has 1 unspecified atom stereocenters. The molecule has 0 radical (unpaired) electrons. The normalized spacial score (nSPS) is 12.6. The highest BCUT2D eigenvalue weighted by molar-refractivity contribution is 7.48. The summed E-state index contributed by atoms with van der Waals surface area (Å²) in [4.78, 5) is 0. The molecule has 0 aromatic heterocycles. The zero-order valence-corrected chi connectivity index (χ0v) is 10.4. The Bertz CT molecular complexity index is 461. The second-order valence-corrected chi connectivity index (χ2v) is 4.76. The summed E-state index contributed by atoms with van der Waals surface area (Å²) in [5.74, 6) is 0. The number of benzene rings is 1. The van der Waals surface area contributed by atoms with Crippen LogP contribution in [0.15, 0.2) is 24.3 Å². The largest absolute Gasteiger partial charge is 0.328 e. The van der Waals surface area contributed by atoms with Crippen molar-refractivity contribution in [3.05, 3.63) is 35.4 Å². The third-order valence-electron chi connectivity index (χ3n) is 1.96. The van der Waals surface area contributed by atoms with Crippen LogP contribution in [-0.4, -0.2) is 6.61 Å². The van der Waals surface area contributed by atoms with Crippen LogP contribution in [0.4, 0.5) is 0 Å². The first-order valence-corrected chi connectivity index (χ1v) is 6.34. The minimum absolute atomic E-state index is 0.440. The number of rotatable bonds is 4. The van der Waals surface area contributed by atoms with E-state index in [4.69, 9.17) is 9.79 Å². The highest BCUT2D eigenvalue weighted by atomic mass is 31.1. The third kappa shape index (κ3) is 3.66. The lowest BCUT2D eigenvalue weighted by Gasteiger charge is -2.05. The maximum absolute atomic E-state index is 11.7. The fourth-order valence-electron chi connectivity index (χ4n) is 1.37. The molecule has 0 spiro atoms. The van der Waals surface area contributed by atoms with Crippen molar-refractivity contribution in [1.82, 2.24) is 0 Å². The Labute approximate surface area is 96.2 Å². The van der Waals surface area contributed by atoms with E-state index in [1.54, 1.807) is 12.1 Å². The molecule has 0 aliphatic carbocycles. The molecule has 3 nitrogen and oxygen atoms in total. The fourth-order valence-corrected chi connectivity index (χ4v) is 2.43. The van der Waals surface area contributed by atoms with Crippen LogP contribution in [-0.2, 0) is 9.09 Å². The minimum Gasteiger partial charge on any atom is -0.328 e. The lowest BCUT2D eigenvalue weighted by molar-refractivity contribution is 0.357. The SMILES string of the molecule is CCO[PH](=O)c1cc(C)cc(/C=C/C#N)c1. The Kier molecular flexibility index (Phi) is 4.98. The first-order valence-electron chi connectivity index (χ1n) is 5.02. The van der Waals surface area contributed by atoms with Gasteiger partial charge in [-0.15, -0.1) is 0 Å². The predicted molar refractivity (Wildman–Crippen MR) is 66.1 cm³/mol. The van der Waals surface area contributed by atoms with Crippen LogP contribution >= 0.6 is 8.03 Å². The van der Waals surface area contributed by atoms with Crippen molar-refractivity contribution in [1.29, 1.82) is 5.26 Å². The van der Waals surface area contributed by atoms with Crippen LogP contribution < -0.4 is 5.30 Å². The van der Waals surface area contributed by atoms with Crippen LogP contribution in [0.2, 0.25) is 0 Å². The van der Waals surface area contributed by atoms with Gasteiger partial charge in [0, 0.05) is 11.4 Å². The van der Waals surface area contributed by atoms with E-state index in [-0.39, 0.29) is 0 Å². The molecule has 0 N–H and O–H groups in total. The van der Waals surface area contributed by atoms with Crippen LogP contribution in [0, 0.1) is 18.3 Å². The molecule has 1 aromatic carbocycles. The fraction of sp³-hybridized carbons (Fsp3) is 0.250. The van der Waals surface area contributed by atoms with Gasteiger partial charge in [-0.25, -0.2) is 0 Å². The lowest BCUT2D eigenvalue weighted by atomic mass is 10.1. The van der Waals surface area contributed by atoms with Crippen molar-refractivity contribution in [2.24, 2.45) is 0 Å². The first-order chi connectivity index (χ1) is 7.67. The number of allylic oxidation sites excluding steroid dienone is 1. The summed E-state index contributed by atoms with van der Waals surface area (Å²) in [6.45, 7) is 4.18. The van der Waals surface area contributed by atoms with Crippen molar-refractivity contribution in [3.63, 3.8) is 0 Å². The van der Waals surface area contributed by atoms with Crippen molar-refractivity contribution in [3.8, 4) is 6.07 Å². The summed E-state index contributed by atoms with van der Waals surface area (Å²) in [6.07, 6.45) is 3.09. The smallest absolute Gasteiger partial charge is 0.220 e. The molecule has 0 bridgehead atoms. The topological polar surface area (TPSA) is 50.1 Å². The molecule has 84 valence electrons. The van der Waals surface area contributed by atoms with Gasteiger partial charge in [-0.05, 0) is 43.2 Å². The average Bonchev–Trinajstić information content (AvgIpc) is 2.26. The van der Waals surface area contributed by atoms with Crippen LogP contribution in [0.1, 0.15) is 18.1 Å². The number of hydrogen-bond acceptors (Lipinski definition) is 3. The summed E-state index contributed by atoms with van der Waals surface area (Å²) in [5.41, 5.74) is 1.88. The van der Waals surface area contributed by atoms with Gasteiger partial charge in [0.05, 0.1) is 12.7 Å². The molecule has 16 heavy (non-hydrogen) atoms. The number of hydrogen-bond donors (Lipinski definition) is 0. The number of nitriles is 1. The molecule has 0 aliphatic heterocycles. The van der Waals surface area contributed by atoms with E-state index >= 15 is 0 Å². The van der Waals surface area contributed by atoms with E-state index in [0.29, 0.717) is 11.9 Å². The van der Waals surface area contributed by atoms with Crippen molar-refractivity contribution in [2.45, 2.75) is 13.8 Å². The zero-order valence-electron chi connectivity index (χ0n) is 9.36. The summed E-state index contributed by atoms with van der Waals surface area (Å²) in [7, 11) is -2.15. The summed E-state index contributed by atoms with van der Waals surface area (Å²) >= 11 is 0. The van der Waals surface area contributed by atoms with Crippen LogP contribution in [0.25, 0.3) is 6.08 Å². The van der Waals surface area contributed by atoms with Gasteiger partial charge in [-0.3, -0.25) is 4.57 Å². The summed E-state index contributed by atoms with van der Waals surface area (Å²) in [5, 5.41) is 9.14. The second kappa shape index (κ2) is 6.27. The maximum atomic E-state index is 11.7. The Balaban J connectivity index is 3.03. The Morgan fingerprint density at radius 1 is 1.50 bits per heavy atom. The lowest BCUT2D eigenvalue weighted by Crippen LogP contribution is -2.00. The van der Waals surface area contributed by atoms with Crippen molar-refractivity contribution >= 4 is 19.4 Å². The highest BCUT2D eigenvalue weighted by Gasteiger charge is 2.04. The highest BCUT2D eigenvalue weighted by Crippen LogP contribution is 2.22. The third-order valence-corrected chi connectivity index (χ3v) is 3.27. The zero-order chi connectivity index (χ0) is 12.0. The standard InChI is InChI=1S/C12H14NO2P/c1-3-15-16(14)12-8-10(2)7-11(9-12)5-4-6-13/h4-5,7-9,16H,3H2,1-2H3/b5-4+. The van der Waals surface area contributed by atoms with E-state index in [0.717, 1.165) is 11.1 Å². The number of aryl methyl sites for hydroxylation is 1. The van der Waals surface area contributed by atoms with E-state index < -0.39 is 8.03 Å². The van der Waals surface area contributed by atoms with Gasteiger partial charge in [0.1, 0.15) is 0 Å². The summed E-state index contributed by atoms with van der Waals surface area (Å²) < 4.78 is 16.8. The minimum atomic E-state index is -2.15. The van der Waals surface area contributed by atoms with Gasteiger partial charge < -0.3 is 4.52 Å². The molecule has 1 atom stereocenters. The van der Waals surface area contributed by atoms with E-state index in [1.807, 2.05) is 32.0 Å². The molecule has 0 saturated heterocycles. The Hall–Kier alpha value is -1.36. The average molecular weight is 235 g/mol. The van der Waals surface area contributed by atoms with Gasteiger partial charge in [0.15, 0.2) is 0 Å². The molecule has 0 fully saturated rings. The van der Waals surface area contributed by atoms with Crippen molar-refractivity contribution in [2.75, 3.05) is 6.61 Å². The molecule has 0 aliphatic rings. The second-order valence-electron chi connectivity index (χ2n) is 3.32. The molecule has 0 heterocycles. The molecular formula is C12H14NO2P. The molecule has 4 heteroatoms. The van der Waals surface area contributed by atoms with Gasteiger partial charge in [-0.1, -0.05) is 6.07 Å². The number of nitrogens with zero attached hydrogens (tertiary/aromatic N) is 1. The van der Waals surface area contributed by atoms with Gasteiger partial charge in [0.2, 0.25) is 8.03 Å². The predicted octanol–water partition coefficient (Wildman–Crippen LogP) is 2.67. The maximum Gasteiger partial charge on any atom is 0.220 e. The van der Waals surface area contributed by atoms with Gasteiger partial charge in [-0.2, -0.15) is 5.26 Å². The molecular weight excluding hydrogens is 221 g/mol.